The standard InChI is InChI=1S/C36H46N4.Pd/c1-9-23-25(11-3)33-29(15-7)35-27(13-5)28(14-6)36(40-35)30(16-8)34-26(12-4)24(10-2)32(39-34)20-22-18-17-21(37-22)19-31(23)38-33;/h17-20,37-38H,9-16H2,1-8H3;. The van der Waals surface area contributed by atoms with E-state index in [1.807, 2.05) is 0 Å². The Morgan fingerprint density at radius 1 is 0.488 bits per heavy atom. The van der Waals surface area contributed by atoms with Crippen molar-refractivity contribution in [2.24, 2.45) is 0 Å². The largest absolute Gasteiger partial charge is 0.355 e. The second-order valence-electron chi connectivity index (χ2n) is 10.9. The van der Waals surface area contributed by atoms with Gasteiger partial charge in [0.25, 0.3) is 0 Å². The number of rotatable bonds is 8. The van der Waals surface area contributed by atoms with E-state index in [9.17, 15) is 0 Å². The summed E-state index contributed by atoms with van der Waals surface area (Å²) in [4.78, 5) is 18.5. The minimum absolute atomic E-state index is 0. The number of aryl methyl sites for hydroxylation is 3. The van der Waals surface area contributed by atoms with Gasteiger partial charge in [0, 0.05) is 53.6 Å². The molecule has 0 saturated heterocycles. The third-order valence-corrected chi connectivity index (χ3v) is 8.91. The zero-order chi connectivity index (χ0) is 28.6. The number of aromatic nitrogens is 4. The summed E-state index contributed by atoms with van der Waals surface area (Å²) >= 11 is 0. The van der Waals surface area contributed by atoms with Crippen molar-refractivity contribution in [2.45, 2.75) is 107 Å². The normalized spacial score (nSPS) is 13.3. The number of H-pyrrole nitrogens is 2. The van der Waals surface area contributed by atoms with E-state index in [2.05, 4.69) is 89.6 Å². The Bertz CT molecular complexity index is 1680. The Morgan fingerprint density at radius 3 is 1.51 bits per heavy atom. The van der Waals surface area contributed by atoms with Gasteiger partial charge in [0.05, 0.1) is 22.8 Å². The molecule has 3 aromatic rings. The van der Waals surface area contributed by atoms with Crippen molar-refractivity contribution in [2.75, 3.05) is 0 Å². The molecule has 4 nitrogen and oxygen atoms in total. The predicted octanol–water partition coefficient (Wildman–Crippen LogP) is 10.0. The molecule has 0 aliphatic carbocycles. The molecular formula is C36H46N4Pd. The number of nitrogens with zero attached hydrogens (tertiary/aromatic N) is 2. The van der Waals surface area contributed by atoms with E-state index in [4.69, 9.17) is 9.97 Å². The van der Waals surface area contributed by atoms with E-state index < -0.39 is 0 Å². The van der Waals surface area contributed by atoms with Gasteiger partial charge in [-0.05, 0) is 109 Å². The predicted molar refractivity (Wildman–Crippen MR) is 173 cm³/mol. The van der Waals surface area contributed by atoms with Crippen molar-refractivity contribution in [3.05, 3.63) is 69.3 Å². The molecule has 41 heavy (non-hydrogen) atoms. The fourth-order valence-corrected chi connectivity index (χ4v) is 7.07. The monoisotopic (exact) mass is 640 g/mol. The summed E-state index contributed by atoms with van der Waals surface area (Å²) in [7, 11) is 0. The molecule has 0 amide bonds. The average Bonchev–Trinajstić information content (AvgIpc) is 3.73. The van der Waals surface area contributed by atoms with E-state index in [-0.39, 0.29) is 20.4 Å². The Labute approximate surface area is 259 Å². The molecule has 0 aromatic carbocycles. The molecule has 5 heteroatoms. The topological polar surface area (TPSA) is 57.4 Å². The maximum atomic E-state index is 5.57. The van der Waals surface area contributed by atoms with Gasteiger partial charge >= 0.3 is 0 Å². The van der Waals surface area contributed by atoms with Crippen molar-refractivity contribution in [1.82, 2.24) is 19.9 Å². The maximum absolute atomic E-state index is 5.57. The van der Waals surface area contributed by atoms with E-state index in [0.717, 1.165) is 73.8 Å². The van der Waals surface area contributed by atoms with Crippen molar-refractivity contribution in [3.8, 4) is 0 Å². The molecule has 2 N–H and O–H groups in total. The molecular weight excluding hydrogens is 595 g/mol. The number of hydrogen-bond donors (Lipinski definition) is 2. The van der Waals surface area contributed by atoms with Crippen molar-refractivity contribution < 1.29 is 20.4 Å². The minimum atomic E-state index is 0. The fraction of sp³-hybridized carbons (Fsp3) is 0.444. The van der Waals surface area contributed by atoms with E-state index >= 15 is 0 Å². The summed E-state index contributed by atoms with van der Waals surface area (Å²) in [5.41, 5.74) is 20.3. The minimum Gasteiger partial charge on any atom is -0.355 e. The van der Waals surface area contributed by atoms with Crippen molar-refractivity contribution in [3.63, 3.8) is 0 Å². The molecule has 0 saturated carbocycles. The van der Waals surface area contributed by atoms with Crippen LogP contribution >= 0.6 is 0 Å². The smallest absolute Gasteiger partial charge is 0.0726 e. The SMILES string of the molecule is CCC1=C(CC)c2nc1cc1ccc(cc3[nH]c(c(CC)c4nc(c2CC)C(CC)=C4CC)c(CC)c3CC)[nH]1.[Pd]. The quantitative estimate of drug-likeness (QED) is 0.241. The van der Waals surface area contributed by atoms with Crippen LogP contribution in [0.25, 0.3) is 44.4 Å². The summed E-state index contributed by atoms with van der Waals surface area (Å²) < 4.78 is 0. The van der Waals surface area contributed by atoms with Crippen LogP contribution in [0.3, 0.4) is 0 Å². The first-order valence-electron chi connectivity index (χ1n) is 15.7. The molecule has 2 aliphatic heterocycles. The van der Waals surface area contributed by atoms with Crippen LogP contribution in [0, 0.1) is 0 Å². The van der Waals surface area contributed by atoms with Gasteiger partial charge in [-0.2, -0.15) is 0 Å². The fourth-order valence-electron chi connectivity index (χ4n) is 7.07. The van der Waals surface area contributed by atoms with Crippen molar-refractivity contribution in [1.29, 1.82) is 0 Å². The summed E-state index contributed by atoms with van der Waals surface area (Å²) in [6, 6.07) is 8.89. The van der Waals surface area contributed by atoms with Gasteiger partial charge in [0.2, 0.25) is 0 Å². The van der Waals surface area contributed by atoms with Crippen LogP contribution in [0.4, 0.5) is 0 Å². The third-order valence-electron chi connectivity index (χ3n) is 8.91. The molecule has 0 spiro atoms. The maximum Gasteiger partial charge on any atom is 0.0726 e. The van der Waals surface area contributed by atoms with E-state index in [1.165, 1.54) is 67.0 Å². The van der Waals surface area contributed by atoms with Crippen LogP contribution in [0.1, 0.15) is 126 Å². The number of hydrogen-bond acceptors (Lipinski definition) is 2. The number of nitrogens with one attached hydrogen (secondary N) is 2. The Balaban J connectivity index is 0.00000387. The van der Waals surface area contributed by atoms with Crippen LogP contribution in [0.15, 0.2) is 24.3 Å². The molecule has 0 fully saturated rings. The van der Waals surface area contributed by atoms with Crippen LogP contribution < -0.4 is 0 Å². The third kappa shape index (κ3) is 5.21. The van der Waals surface area contributed by atoms with Gasteiger partial charge in [-0.25, -0.2) is 9.97 Å². The first kappa shape index (κ1) is 31.2. The Morgan fingerprint density at radius 2 is 0.976 bits per heavy atom. The van der Waals surface area contributed by atoms with Gasteiger partial charge < -0.3 is 9.97 Å². The van der Waals surface area contributed by atoms with Gasteiger partial charge in [-0.15, -0.1) is 0 Å². The Kier molecular flexibility index (Phi) is 9.94. The molecule has 5 heterocycles. The molecule has 5 rings (SSSR count). The summed E-state index contributed by atoms with van der Waals surface area (Å²) in [5, 5.41) is 0. The van der Waals surface area contributed by atoms with Crippen molar-refractivity contribution >= 4 is 44.4 Å². The molecule has 3 aromatic heterocycles. The van der Waals surface area contributed by atoms with Crippen LogP contribution in [-0.2, 0) is 46.1 Å². The second kappa shape index (κ2) is 13.1. The van der Waals surface area contributed by atoms with E-state index in [0.29, 0.717) is 0 Å². The first-order chi connectivity index (χ1) is 19.5. The second-order valence-corrected chi connectivity index (χ2v) is 10.9. The molecule has 8 bridgehead atoms. The molecule has 2 aliphatic rings. The number of aromatic amines is 2. The summed E-state index contributed by atoms with van der Waals surface area (Å²) in [6.07, 6.45) is 7.74. The number of allylic oxidation sites excluding steroid dienone is 4. The van der Waals surface area contributed by atoms with Crippen LogP contribution in [0.5, 0.6) is 0 Å². The zero-order valence-corrected chi connectivity index (χ0v) is 27.7. The molecule has 0 atom stereocenters. The molecule has 220 valence electrons. The van der Waals surface area contributed by atoms with Crippen LogP contribution in [-0.4, -0.2) is 19.9 Å². The first-order valence-corrected chi connectivity index (χ1v) is 15.7. The Hall–Kier alpha value is -2.74. The van der Waals surface area contributed by atoms with Crippen LogP contribution in [0.2, 0.25) is 0 Å². The van der Waals surface area contributed by atoms with Gasteiger partial charge in [0.1, 0.15) is 0 Å². The van der Waals surface area contributed by atoms with E-state index in [1.54, 1.807) is 0 Å². The summed E-state index contributed by atoms with van der Waals surface area (Å²) in [6.45, 7) is 18.2. The average molecular weight is 641 g/mol. The molecule has 0 radical (unpaired) electrons. The summed E-state index contributed by atoms with van der Waals surface area (Å²) in [5.74, 6) is 0. The van der Waals surface area contributed by atoms with Gasteiger partial charge in [-0.3, -0.25) is 0 Å². The van der Waals surface area contributed by atoms with Gasteiger partial charge in [0.15, 0.2) is 0 Å². The van der Waals surface area contributed by atoms with Gasteiger partial charge in [-0.1, -0.05) is 55.4 Å². The molecule has 0 unspecified atom stereocenters. The zero-order valence-electron chi connectivity index (χ0n) is 26.2. The number of fused-ring (bicyclic) bond motifs is 8.